The molecule has 0 unspecified atom stereocenters. The van der Waals surface area contributed by atoms with Crippen molar-refractivity contribution in [2.45, 2.75) is 12.8 Å². The quantitative estimate of drug-likeness (QED) is 0.328. The summed E-state index contributed by atoms with van der Waals surface area (Å²) in [5, 5.41) is 10.8. The lowest BCUT2D eigenvalue weighted by Gasteiger charge is -2.10. The summed E-state index contributed by atoms with van der Waals surface area (Å²) < 4.78 is 5.30. The molecule has 20 heavy (non-hydrogen) atoms. The van der Waals surface area contributed by atoms with Crippen LogP contribution in [0.1, 0.15) is 23.2 Å². The number of hydrogen-bond donors (Lipinski definition) is 0. The predicted molar refractivity (Wildman–Crippen MR) is 71.9 cm³/mol. The third-order valence-corrected chi connectivity index (χ3v) is 2.61. The van der Waals surface area contributed by atoms with Crippen LogP contribution in [0.3, 0.4) is 0 Å². The van der Waals surface area contributed by atoms with Crippen molar-refractivity contribution in [3.8, 4) is 5.75 Å². The molecule has 0 fully saturated rings. The van der Waals surface area contributed by atoms with Crippen LogP contribution in [-0.4, -0.2) is 42.7 Å². The fraction of sp³-hybridized carbons (Fsp3) is 0.385. The molecule has 1 amide bonds. The zero-order valence-corrected chi connectivity index (χ0v) is 11.4. The van der Waals surface area contributed by atoms with Crippen molar-refractivity contribution in [3.05, 3.63) is 33.9 Å². The van der Waals surface area contributed by atoms with Gasteiger partial charge in [-0.1, -0.05) is 0 Å². The highest BCUT2D eigenvalue weighted by molar-refractivity contribution is 5.77. The number of carbonyl (C=O) groups is 2. The van der Waals surface area contributed by atoms with E-state index in [-0.39, 0.29) is 24.0 Å². The van der Waals surface area contributed by atoms with E-state index in [0.29, 0.717) is 24.7 Å². The van der Waals surface area contributed by atoms with Crippen LogP contribution in [0.4, 0.5) is 5.69 Å². The Labute approximate surface area is 116 Å². The predicted octanol–water partition coefficient (Wildman–Crippen LogP) is 1.65. The van der Waals surface area contributed by atoms with Crippen LogP contribution in [0.15, 0.2) is 18.2 Å². The van der Waals surface area contributed by atoms with Gasteiger partial charge in [-0.25, -0.2) is 0 Å². The molecule has 1 rings (SSSR count). The maximum absolute atomic E-state index is 11.3. The van der Waals surface area contributed by atoms with Gasteiger partial charge in [0.25, 0.3) is 0 Å². The molecular formula is C13H16N2O5. The molecular weight excluding hydrogens is 264 g/mol. The minimum Gasteiger partial charge on any atom is -0.487 e. The molecule has 7 nitrogen and oxygen atoms in total. The van der Waals surface area contributed by atoms with Crippen LogP contribution in [0.2, 0.25) is 0 Å². The minimum absolute atomic E-state index is 0.0373. The summed E-state index contributed by atoms with van der Waals surface area (Å²) in [4.78, 5) is 33.7. The first-order chi connectivity index (χ1) is 9.45. The molecule has 0 saturated carbocycles. The van der Waals surface area contributed by atoms with Crippen LogP contribution >= 0.6 is 0 Å². The highest BCUT2D eigenvalue weighted by atomic mass is 16.6. The Hall–Kier alpha value is -2.44. The van der Waals surface area contributed by atoms with E-state index in [2.05, 4.69) is 0 Å². The van der Waals surface area contributed by atoms with Gasteiger partial charge < -0.3 is 9.64 Å². The van der Waals surface area contributed by atoms with Gasteiger partial charge in [0.1, 0.15) is 6.29 Å². The number of nitro groups is 1. The van der Waals surface area contributed by atoms with Gasteiger partial charge in [0, 0.05) is 32.1 Å². The maximum Gasteiger partial charge on any atom is 0.310 e. The molecule has 1 aromatic rings. The van der Waals surface area contributed by atoms with Gasteiger partial charge in [0.05, 0.1) is 11.5 Å². The topological polar surface area (TPSA) is 89.8 Å². The lowest BCUT2D eigenvalue weighted by Crippen LogP contribution is -2.21. The van der Waals surface area contributed by atoms with Gasteiger partial charge in [0.2, 0.25) is 5.91 Å². The Morgan fingerprint density at radius 3 is 2.70 bits per heavy atom. The molecule has 0 spiro atoms. The third-order valence-electron chi connectivity index (χ3n) is 2.61. The molecule has 0 saturated heterocycles. The van der Waals surface area contributed by atoms with Gasteiger partial charge >= 0.3 is 5.69 Å². The zero-order chi connectivity index (χ0) is 15.1. The summed E-state index contributed by atoms with van der Waals surface area (Å²) in [6.07, 6.45) is 1.33. The smallest absolute Gasteiger partial charge is 0.310 e. The fourth-order valence-electron chi connectivity index (χ4n) is 1.50. The Kier molecular flexibility index (Phi) is 5.64. The van der Waals surface area contributed by atoms with E-state index >= 15 is 0 Å². The number of aldehydes is 1. The van der Waals surface area contributed by atoms with Crippen molar-refractivity contribution in [2.24, 2.45) is 0 Å². The number of hydrogen-bond acceptors (Lipinski definition) is 5. The number of carbonyl (C=O) groups excluding carboxylic acids is 2. The number of nitro benzene ring substituents is 1. The Bertz CT molecular complexity index is 513. The average Bonchev–Trinajstić information content (AvgIpc) is 2.42. The molecule has 0 aromatic heterocycles. The SMILES string of the molecule is CN(C)C(=O)CCCOc1cc(C=O)ccc1[N+](=O)[O-]. The van der Waals surface area contributed by atoms with E-state index < -0.39 is 4.92 Å². The monoisotopic (exact) mass is 280 g/mol. The number of nitrogens with zero attached hydrogens (tertiary/aromatic N) is 2. The second kappa shape index (κ2) is 7.22. The molecule has 0 aliphatic heterocycles. The summed E-state index contributed by atoms with van der Waals surface area (Å²) in [5.74, 6) is 0.00152. The molecule has 0 N–H and O–H groups in total. The van der Waals surface area contributed by atoms with Gasteiger partial charge in [-0.15, -0.1) is 0 Å². The second-order valence-corrected chi connectivity index (χ2v) is 4.34. The van der Waals surface area contributed by atoms with Gasteiger partial charge in [-0.05, 0) is 18.6 Å². The third kappa shape index (κ3) is 4.34. The fourth-order valence-corrected chi connectivity index (χ4v) is 1.50. The highest BCUT2D eigenvalue weighted by Gasteiger charge is 2.15. The van der Waals surface area contributed by atoms with Crippen molar-refractivity contribution in [1.29, 1.82) is 0 Å². The zero-order valence-electron chi connectivity index (χ0n) is 11.4. The van der Waals surface area contributed by atoms with Crippen molar-refractivity contribution >= 4 is 17.9 Å². The largest absolute Gasteiger partial charge is 0.487 e. The van der Waals surface area contributed by atoms with Crippen LogP contribution in [0.5, 0.6) is 5.75 Å². The molecule has 0 radical (unpaired) electrons. The number of benzene rings is 1. The molecule has 0 bridgehead atoms. The molecule has 0 heterocycles. The van der Waals surface area contributed by atoms with Crippen molar-refractivity contribution in [2.75, 3.05) is 20.7 Å². The van der Waals surface area contributed by atoms with Crippen LogP contribution in [-0.2, 0) is 4.79 Å². The summed E-state index contributed by atoms with van der Waals surface area (Å²) in [5.41, 5.74) is 0.101. The second-order valence-electron chi connectivity index (χ2n) is 4.34. The number of amides is 1. The van der Waals surface area contributed by atoms with Crippen molar-refractivity contribution in [1.82, 2.24) is 4.90 Å². The van der Waals surface area contributed by atoms with E-state index in [4.69, 9.17) is 4.74 Å². The van der Waals surface area contributed by atoms with E-state index in [1.165, 1.54) is 23.1 Å². The standard InChI is InChI=1S/C13H16N2O5/c1-14(2)13(17)4-3-7-20-12-8-10(9-16)5-6-11(12)15(18)19/h5-6,8-9H,3-4,7H2,1-2H3. The van der Waals surface area contributed by atoms with Gasteiger partial charge in [-0.3, -0.25) is 19.7 Å². The van der Waals surface area contributed by atoms with Gasteiger partial charge in [0.15, 0.2) is 5.75 Å². The van der Waals surface area contributed by atoms with E-state index in [9.17, 15) is 19.7 Å². The first kappa shape index (κ1) is 15.6. The summed E-state index contributed by atoms with van der Waals surface area (Å²) in [6.45, 7) is 0.169. The maximum atomic E-state index is 11.3. The molecule has 1 aromatic carbocycles. The summed E-state index contributed by atoms with van der Waals surface area (Å²) >= 11 is 0. The van der Waals surface area contributed by atoms with Gasteiger partial charge in [-0.2, -0.15) is 0 Å². The lowest BCUT2D eigenvalue weighted by molar-refractivity contribution is -0.385. The lowest BCUT2D eigenvalue weighted by atomic mass is 10.2. The highest BCUT2D eigenvalue weighted by Crippen LogP contribution is 2.27. The Morgan fingerprint density at radius 2 is 2.15 bits per heavy atom. The Morgan fingerprint density at radius 1 is 1.45 bits per heavy atom. The Balaban J connectivity index is 2.64. The first-order valence-electron chi connectivity index (χ1n) is 6.02. The molecule has 0 atom stereocenters. The van der Waals surface area contributed by atoms with E-state index in [1.54, 1.807) is 14.1 Å². The number of ether oxygens (including phenoxy) is 1. The molecule has 7 heteroatoms. The molecule has 0 aliphatic carbocycles. The first-order valence-corrected chi connectivity index (χ1v) is 6.02. The van der Waals surface area contributed by atoms with E-state index in [1.807, 2.05) is 0 Å². The summed E-state index contributed by atoms with van der Waals surface area (Å²) in [7, 11) is 3.31. The van der Waals surface area contributed by atoms with Crippen molar-refractivity contribution in [3.63, 3.8) is 0 Å². The average molecular weight is 280 g/mol. The van der Waals surface area contributed by atoms with E-state index in [0.717, 1.165) is 0 Å². The minimum atomic E-state index is -0.575. The number of rotatable bonds is 7. The summed E-state index contributed by atoms with van der Waals surface area (Å²) in [6, 6.07) is 3.90. The molecule has 0 aliphatic rings. The molecule has 108 valence electrons. The van der Waals surface area contributed by atoms with Crippen LogP contribution in [0.25, 0.3) is 0 Å². The van der Waals surface area contributed by atoms with Crippen molar-refractivity contribution < 1.29 is 19.2 Å². The normalized spacial score (nSPS) is 9.90. The van der Waals surface area contributed by atoms with Crippen LogP contribution in [0, 0.1) is 10.1 Å². The van der Waals surface area contributed by atoms with Crippen LogP contribution < -0.4 is 4.74 Å².